The summed E-state index contributed by atoms with van der Waals surface area (Å²) in [5, 5.41) is 0.594. The average Bonchev–Trinajstić information content (AvgIpc) is 2.73. The van der Waals surface area contributed by atoms with Crippen LogP contribution in [0, 0.1) is 0 Å². The fourth-order valence-corrected chi connectivity index (χ4v) is 5.47. The first-order valence-electron chi connectivity index (χ1n) is 10.7. The number of carbonyl (C=O) groups excluding carboxylic acids is 1. The molecule has 3 nitrogen and oxygen atoms in total. The Morgan fingerprint density at radius 2 is 1.61 bits per heavy atom. The molecule has 154 valence electrons. The number of nitrogens with zero attached hydrogens (tertiary/aromatic N) is 2. The van der Waals surface area contributed by atoms with Gasteiger partial charge in [-0.15, -0.1) is 0 Å². The van der Waals surface area contributed by atoms with Crippen molar-refractivity contribution in [1.82, 2.24) is 9.80 Å². The Hall–Kier alpha value is -1.39. The van der Waals surface area contributed by atoms with E-state index in [2.05, 4.69) is 55.8 Å². The van der Waals surface area contributed by atoms with Crippen LogP contribution in [0.15, 0.2) is 34.7 Å². The lowest BCUT2D eigenvalue weighted by atomic mass is 9.92. The third-order valence-electron chi connectivity index (χ3n) is 6.52. The number of allylic oxidation sites excluding steroid dienone is 1. The van der Waals surface area contributed by atoms with Crippen LogP contribution in [0.1, 0.15) is 58.9 Å². The zero-order chi connectivity index (χ0) is 20.3. The highest BCUT2D eigenvalue weighted by Crippen LogP contribution is 2.33. The molecule has 1 unspecified atom stereocenters. The quantitative estimate of drug-likeness (QED) is 0.662. The van der Waals surface area contributed by atoms with Crippen molar-refractivity contribution < 1.29 is 4.79 Å². The van der Waals surface area contributed by atoms with Gasteiger partial charge in [-0.3, -0.25) is 9.69 Å². The van der Waals surface area contributed by atoms with Crippen LogP contribution >= 0.6 is 10.5 Å². The molecule has 2 saturated heterocycles. The first-order chi connectivity index (χ1) is 13.4. The first kappa shape index (κ1) is 21.3. The van der Waals surface area contributed by atoms with Gasteiger partial charge in [0, 0.05) is 44.0 Å². The molecule has 0 aromatic heterocycles. The number of benzene rings is 1. The van der Waals surface area contributed by atoms with Crippen molar-refractivity contribution in [2.24, 2.45) is 0 Å². The number of rotatable bonds is 4. The minimum absolute atomic E-state index is 0.0780. The summed E-state index contributed by atoms with van der Waals surface area (Å²) in [7, 11) is 0.0780. The van der Waals surface area contributed by atoms with Gasteiger partial charge in [0.05, 0.1) is 0 Å². The first-order valence-corrected chi connectivity index (χ1v) is 12.1. The van der Waals surface area contributed by atoms with Gasteiger partial charge in [0.1, 0.15) is 0 Å². The Kier molecular flexibility index (Phi) is 7.16. The lowest BCUT2D eigenvalue weighted by Crippen LogP contribution is -2.48. The largest absolute Gasteiger partial charge is 0.343 e. The Morgan fingerprint density at radius 1 is 1.04 bits per heavy atom. The van der Waals surface area contributed by atoms with Crippen LogP contribution in [0.3, 0.4) is 0 Å². The molecule has 0 spiro atoms. The molecule has 0 bridgehead atoms. The standard InChI is InChI=1S/C24H36N2OS/c1-18(2)28(5)24-8-6-21(7-9-24)19(3)22-10-14-26(15-11-22)23-12-16-25(17-13-23)20(4)27/h6-9,18,23H,5,10-17H2,1-4H3. The smallest absolute Gasteiger partial charge is 0.219 e. The number of hydrogen-bond donors (Lipinski definition) is 0. The summed E-state index contributed by atoms with van der Waals surface area (Å²) < 4.78 is 0. The summed E-state index contributed by atoms with van der Waals surface area (Å²) in [6, 6.07) is 9.77. The third-order valence-corrected chi connectivity index (χ3v) is 8.53. The second-order valence-electron chi connectivity index (χ2n) is 8.50. The number of carbonyl (C=O) groups is 1. The van der Waals surface area contributed by atoms with Gasteiger partial charge >= 0.3 is 0 Å². The third kappa shape index (κ3) is 4.96. The number of amides is 1. The molecule has 2 fully saturated rings. The zero-order valence-corrected chi connectivity index (χ0v) is 18.9. The molecule has 0 saturated carbocycles. The summed E-state index contributed by atoms with van der Waals surface area (Å²) in [5.74, 6) is 4.55. The van der Waals surface area contributed by atoms with Crippen LogP contribution in [0.4, 0.5) is 0 Å². The predicted molar refractivity (Wildman–Crippen MR) is 123 cm³/mol. The molecule has 0 N–H and O–H groups in total. The summed E-state index contributed by atoms with van der Waals surface area (Å²) in [4.78, 5) is 17.6. The molecule has 1 atom stereocenters. The SMILES string of the molecule is C=S(c1ccc(C(C)=C2CCN(C3CCN(C(C)=O)CC3)CC2)cc1)C(C)C. The minimum Gasteiger partial charge on any atom is -0.343 e. The lowest BCUT2D eigenvalue weighted by molar-refractivity contribution is -0.130. The van der Waals surface area contributed by atoms with Crippen LogP contribution in [0.25, 0.3) is 5.57 Å². The van der Waals surface area contributed by atoms with Gasteiger partial charge in [0.25, 0.3) is 0 Å². The van der Waals surface area contributed by atoms with Crippen molar-refractivity contribution in [2.75, 3.05) is 26.2 Å². The van der Waals surface area contributed by atoms with Crippen LogP contribution in [0.5, 0.6) is 0 Å². The van der Waals surface area contributed by atoms with Gasteiger partial charge in [0.15, 0.2) is 0 Å². The fraction of sp³-hybridized carbons (Fsp3) is 0.583. The Balaban J connectivity index is 1.58. The maximum Gasteiger partial charge on any atom is 0.219 e. The van der Waals surface area contributed by atoms with E-state index in [1.807, 2.05) is 4.90 Å². The molecular formula is C24H36N2OS. The second kappa shape index (κ2) is 9.41. The van der Waals surface area contributed by atoms with E-state index in [9.17, 15) is 4.79 Å². The molecule has 1 amide bonds. The topological polar surface area (TPSA) is 23.6 Å². The molecule has 2 heterocycles. The molecule has 0 aliphatic carbocycles. The normalized spacial score (nSPS) is 20.5. The van der Waals surface area contributed by atoms with Crippen molar-refractivity contribution in [3.63, 3.8) is 0 Å². The Morgan fingerprint density at radius 3 is 2.11 bits per heavy atom. The lowest BCUT2D eigenvalue weighted by Gasteiger charge is -2.40. The maximum atomic E-state index is 11.5. The van der Waals surface area contributed by atoms with E-state index < -0.39 is 0 Å². The Labute approximate surface area is 173 Å². The summed E-state index contributed by atoms with van der Waals surface area (Å²) in [6.45, 7) is 12.6. The summed E-state index contributed by atoms with van der Waals surface area (Å²) in [6.07, 6.45) is 4.60. The number of piperidine rings is 2. The highest BCUT2D eigenvalue weighted by molar-refractivity contribution is 8.14. The van der Waals surface area contributed by atoms with Crippen LogP contribution in [0.2, 0.25) is 0 Å². The van der Waals surface area contributed by atoms with E-state index in [1.165, 1.54) is 28.9 Å². The minimum atomic E-state index is 0.0780. The molecule has 28 heavy (non-hydrogen) atoms. The average molecular weight is 401 g/mol. The summed E-state index contributed by atoms with van der Waals surface area (Å²) in [5.41, 5.74) is 4.44. The van der Waals surface area contributed by atoms with E-state index in [1.54, 1.807) is 12.5 Å². The maximum absolute atomic E-state index is 11.5. The van der Waals surface area contributed by atoms with Crippen LogP contribution < -0.4 is 0 Å². The van der Waals surface area contributed by atoms with Gasteiger partial charge in [-0.05, 0) is 61.1 Å². The number of likely N-dealkylation sites (tertiary alicyclic amines) is 2. The van der Waals surface area contributed by atoms with E-state index in [0.29, 0.717) is 11.3 Å². The molecule has 2 aliphatic rings. The van der Waals surface area contributed by atoms with Gasteiger partial charge in [-0.25, -0.2) is 0 Å². The highest BCUT2D eigenvalue weighted by atomic mass is 32.2. The van der Waals surface area contributed by atoms with E-state index >= 15 is 0 Å². The molecule has 2 aliphatic heterocycles. The fourth-order valence-electron chi connectivity index (χ4n) is 4.44. The summed E-state index contributed by atoms with van der Waals surface area (Å²) >= 11 is 0. The Bertz CT molecular complexity index is 732. The molecule has 3 rings (SSSR count). The van der Waals surface area contributed by atoms with Gasteiger partial charge < -0.3 is 4.90 Å². The van der Waals surface area contributed by atoms with Crippen molar-refractivity contribution in [2.45, 2.75) is 69.6 Å². The molecule has 4 heteroatoms. The highest BCUT2D eigenvalue weighted by Gasteiger charge is 2.27. The molecule has 0 radical (unpaired) electrons. The van der Waals surface area contributed by atoms with E-state index in [-0.39, 0.29) is 16.4 Å². The van der Waals surface area contributed by atoms with Gasteiger partial charge in [0.2, 0.25) is 5.91 Å². The predicted octanol–water partition coefficient (Wildman–Crippen LogP) is 5.04. The van der Waals surface area contributed by atoms with Crippen LogP contribution in [-0.2, 0) is 4.79 Å². The van der Waals surface area contributed by atoms with Crippen LogP contribution in [-0.4, -0.2) is 59.0 Å². The number of hydrogen-bond acceptors (Lipinski definition) is 2. The molecule has 1 aromatic rings. The molecule has 1 aromatic carbocycles. The van der Waals surface area contributed by atoms with Crippen molar-refractivity contribution in [3.05, 3.63) is 35.4 Å². The van der Waals surface area contributed by atoms with E-state index in [4.69, 9.17) is 0 Å². The van der Waals surface area contributed by atoms with Gasteiger partial charge in [-0.2, -0.15) is 10.5 Å². The van der Waals surface area contributed by atoms with Gasteiger partial charge in [-0.1, -0.05) is 37.4 Å². The zero-order valence-electron chi connectivity index (χ0n) is 18.0. The molecular weight excluding hydrogens is 364 g/mol. The second-order valence-corrected chi connectivity index (χ2v) is 10.8. The van der Waals surface area contributed by atoms with Crippen molar-refractivity contribution in [3.8, 4) is 0 Å². The van der Waals surface area contributed by atoms with Crippen molar-refractivity contribution >= 4 is 27.8 Å². The van der Waals surface area contributed by atoms with E-state index in [0.717, 1.165) is 39.0 Å². The van der Waals surface area contributed by atoms with Crippen molar-refractivity contribution in [1.29, 1.82) is 0 Å². The monoisotopic (exact) mass is 400 g/mol.